The fourth-order valence-corrected chi connectivity index (χ4v) is 4.38. The van der Waals surface area contributed by atoms with Crippen LogP contribution in [0, 0.1) is 17.2 Å². The minimum absolute atomic E-state index is 0.0208. The lowest BCUT2D eigenvalue weighted by molar-refractivity contribution is -0.206. The molecule has 3 unspecified atom stereocenters. The molecular formula is C22H22F3N5O2. The SMILES string of the molecule is N#CCC1CCCCC1n1nc(Nc2ccc(C(O)C(F)(F)F)cc2)c2c(=O)[nH]ccc21. The molecule has 1 aliphatic carbocycles. The molecule has 0 radical (unpaired) electrons. The van der Waals surface area contributed by atoms with Crippen molar-refractivity contribution in [1.29, 1.82) is 5.26 Å². The van der Waals surface area contributed by atoms with Crippen molar-refractivity contribution >= 4 is 22.4 Å². The molecule has 0 aliphatic heterocycles. The molecule has 10 heteroatoms. The Bertz CT molecular complexity index is 1190. The van der Waals surface area contributed by atoms with E-state index >= 15 is 0 Å². The van der Waals surface area contributed by atoms with Crippen LogP contribution in [0.3, 0.4) is 0 Å². The van der Waals surface area contributed by atoms with Crippen molar-refractivity contribution in [3.8, 4) is 6.07 Å². The Kier molecular flexibility index (Phi) is 5.93. The van der Waals surface area contributed by atoms with Crippen molar-refractivity contribution in [2.24, 2.45) is 5.92 Å². The average Bonchev–Trinajstić information content (AvgIpc) is 3.13. The molecule has 32 heavy (non-hydrogen) atoms. The fourth-order valence-electron chi connectivity index (χ4n) is 4.38. The van der Waals surface area contributed by atoms with Gasteiger partial charge in [-0.1, -0.05) is 25.0 Å². The van der Waals surface area contributed by atoms with Crippen molar-refractivity contribution in [2.75, 3.05) is 5.32 Å². The number of nitrogens with zero attached hydrogens (tertiary/aromatic N) is 3. The van der Waals surface area contributed by atoms with Crippen molar-refractivity contribution < 1.29 is 18.3 Å². The Labute approximate surface area is 181 Å². The lowest BCUT2D eigenvalue weighted by Crippen LogP contribution is -2.24. The van der Waals surface area contributed by atoms with Crippen LogP contribution in [0.5, 0.6) is 0 Å². The van der Waals surface area contributed by atoms with E-state index in [1.807, 2.05) is 0 Å². The van der Waals surface area contributed by atoms with Gasteiger partial charge in [-0.25, -0.2) is 0 Å². The predicted molar refractivity (Wildman–Crippen MR) is 112 cm³/mol. The Morgan fingerprint density at radius 1 is 1.25 bits per heavy atom. The second-order valence-electron chi connectivity index (χ2n) is 8.03. The molecule has 3 aromatic rings. The Morgan fingerprint density at radius 3 is 2.66 bits per heavy atom. The minimum atomic E-state index is -4.75. The van der Waals surface area contributed by atoms with Gasteiger partial charge in [0.2, 0.25) is 0 Å². The highest BCUT2D eigenvalue weighted by molar-refractivity contribution is 5.91. The third-order valence-corrected chi connectivity index (χ3v) is 5.97. The van der Waals surface area contributed by atoms with E-state index in [-0.39, 0.29) is 28.9 Å². The number of aromatic amines is 1. The van der Waals surface area contributed by atoms with Gasteiger partial charge in [0.15, 0.2) is 11.9 Å². The Balaban J connectivity index is 1.70. The van der Waals surface area contributed by atoms with Crippen molar-refractivity contribution in [2.45, 2.75) is 50.4 Å². The summed E-state index contributed by atoms with van der Waals surface area (Å²) in [5.41, 5.74) is 0.441. The van der Waals surface area contributed by atoms with Gasteiger partial charge in [-0.3, -0.25) is 9.48 Å². The number of benzene rings is 1. The van der Waals surface area contributed by atoms with Crippen LogP contribution in [0.1, 0.15) is 49.8 Å². The molecule has 1 fully saturated rings. The highest BCUT2D eigenvalue weighted by atomic mass is 19.4. The number of fused-ring (bicyclic) bond motifs is 1. The molecule has 7 nitrogen and oxygen atoms in total. The smallest absolute Gasteiger partial charge is 0.379 e. The summed E-state index contributed by atoms with van der Waals surface area (Å²) in [6, 6.07) is 9.12. The molecule has 1 aliphatic rings. The van der Waals surface area contributed by atoms with Gasteiger partial charge >= 0.3 is 6.18 Å². The molecule has 1 saturated carbocycles. The summed E-state index contributed by atoms with van der Waals surface area (Å²) in [5, 5.41) is 26.6. The number of halogens is 3. The maximum atomic E-state index is 12.7. The summed E-state index contributed by atoms with van der Waals surface area (Å²) in [4.78, 5) is 15.2. The number of aromatic nitrogens is 3. The quantitative estimate of drug-likeness (QED) is 0.527. The van der Waals surface area contributed by atoms with E-state index in [4.69, 9.17) is 0 Å². The van der Waals surface area contributed by atoms with Gasteiger partial charge in [0, 0.05) is 18.3 Å². The van der Waals surface area contributed by atoms with Crippen LogP contribution in [0.2, 0.25) is 0 Å². The number of anilines is 2. The van der Waals surface area contributed by atoms with E-state index in [9.17, 15) is 28.3 Å². The molecule has 168 valence electrons. The van der Waals surface area contributed by atoms with Gasteiger partial charge in [-0.15, -0.1) is 0 Å². The predicted octanol–water partition coefficient (Wildman–Crippen LogP) is 4.71. The average molecular weight is 445 g/mol. The molecular weight excluding hydrogens is 423 g/mol. The normalized spacial score (nSPS) is 20.1. The third-order valence-electron chi connectivity index (χ3n) is 5.97. The molecule has 0 saturated heterocycles. The van der Waals surface area contributed by atoms with Crippen LogP contribution < -0.4 is 10.9 Å². The third kappa shape index (κ3) is 4.21. The van der Waals surface area contributed by atoms with E-state index < -0.39 is 12.3 Å². The van der Waals surface area contributed by atoms with Crippen LogP contribution in [0.15, 0.2) is 41.3 Å². The first-order valence-corrected chi connectivity index (χ1v) is 10.4. The van der Waals surface area contributed by atoms with Crippen LogP contribution in [0.25, 0.3) is 10.9 Å². The lowest BCUT2D eigenvalue weighted by Gasteiger charge is -2.30. The number of rotatable bonds is 5. The molecule has 2 heterocycles. The number of pyridine rings is 1. The van der Waals surface area contributed by atoms with Gasteiger partial charge in [0.05, 0.1) is 17.6 Å². The van der Waals surface area contributed by atoms with Gasteiger partial charge < -0.3 is 15.4 Å². The van der Waals surface area contributed by atoms with E-state index in [1.54, 1.807) is 16.9 Å². The number of hydrogen-bond donors (Lipinski definition) is 3. The van der Waals surface area contributed by atoms with Crippen LogP contribution in [0.4, 0.5) is 24.7 Å². The molecule has 0 spiro atoms. The van der Waals surface area contributed by atoms with E-state index in [2.05, 4.69) is 21.5 Å². The molecule has 3 N–H and O–H groups in total. The number of nitriles is 1. The summed E-state index contributed by atoms with van der Waals surface area (Å²) in [6.07, 6.45) is -1.57. The van der Waals surface area contributed by atoms with Crippen molar-refractivity contribution in [3.63, 3.8) is 0 Å². The van der Waals surface area contributed by atoms with Crippen molar-refractivity contribution in [3.05, 3.63) is 52.4 Å². The van der Waals surface area contributed by atoms with E-state index in [1.165, 1.54) is 24.3 Å². The second-order valence-corrected chi connectivity index (χ2v) is 8.03. The van der Waals surface area contributed by atoms with E-state index in [0.717, 1.165) is 25.7 Å². The highest BCUT2D eigenvalue weighted by Gasteiger charge is 2.39. The Morgan fingerprint density at radius 2 is 1.97 bits per heavy atom. The number of H-pyrrole nitrogens is 1. The van der Waals surface area contributed by atoms with Gasteiger partial charge in [0.25, 0.3) is 5.56 Å². The highest BCUT2D eigenvalue weighted by Crippen LogP contribution is 2.38. The number of alkyl halides is 3. The zero-order valence-electron chi connectivity index (χ0n) is 17.1. The van der Waals surface area contributed by atoms with Gasteiger partial charge in [-0.2, -0.15) is 23.5 Å². The topological polar surface area (TPSA) is 107 Å². The minimum Gasteiger partial charge on any atom is -0.379 e. The van der Waals surface area contributed by atoms with Crippen LogP contribution in [-0.2, 0) is 0 Å². The Hall–Kier alpha value is -3.32. The van der Waals surface area contributed by atoms with Gasteiger partial charge in [-0.05, 0) is 42.5 Å². The fraction of sp³-hybridized carbons (Fsp3) is 0.409. The summed E-state index contributed by atoms with van der Waals surface area (Å²) in [5.74, 6) is 0.416. The second kappa shape index (κ2) is 8.67. The zero-order valence-corrected chi connectivity index (χ0v) is 17.1. The number of aliphatic hydroxyl groups is 1. The molecule has 2 aromatic heterocycles. The summed E-state index contributed by atoms with van der Waals surface area (Å²) < 4.78 is 40.0. The summed E-state index contributed by atoms with van der Waals surface area (Å²) in [7, 11) is 0. The summed E-state index contributed by atoms with van der Waals surface area (Å²) in [6.45, 7) is 0. The number of nitrogens with one attached hydrogen (secondary N) is 2. The molecule has 0 amide bonds. The number of hydrogen-bond acceptors (Lipinski definition) is 5. The van der Waals surface area contributed by atoms with E-state index in [0.29, 0.717) is 23.0 Å². The molecule has 0 bridgehead atoms. The lowest BCUT2D eigenvalue weighted by atomic mass is 9.83. The first kappa shape index (κ1) is 21.9. The van der Waals surface area contributed by atoms with Crippen molar-refractivity contribution in [1.82, 2.24) is 14.8 Å². The van der Waals surface area contributed by atoms with Crippen LogP contribution >= 0.6 is 0 Å². The maximum absolute atomic E-state index is 12.7. The zero-order chi connectivity index (χ0) is 22.9. The first-order chi connectivity index (χ1) is 15.3. The number of aliphatic hydroxyl groups excluding tert-OH is 1. The monoisotopic (exact) mass is 445 g/mol. The van der Waals surface area contributed by atoms with Gasteiger partial charge in [0.1, 0.15) is 5.39 Å². The van der Waals surface area contributed by atoms with Crippen LogP contribution in [-0.4, -0.2) is 26.0 Å². The largest absolute Gasteiger partial charge is 0.418 e. The standard InChI is InChI=1S/C22H22F3N5O2/c23-22(24,25)19(31)14-5-7-15(8-6-14)28-20-18-17(10-12-27-21(18)32)30(29-20)16-4-2-1-3-13(16)9-11-26/h5-8,10,12-13,16,19,31H,1-4,9H2,(H,27,32)(H,28,29). The molecule has 3 atom stereocenters. The first-order valence-electron chi connectivity index (χ1n) is 10.4. The maximum Gasteiger partial charge on any atom is 0.418 e. The molecule has 4 rings (SSSR count). The summed E-state index contributed by atoms with van der Waals surface area (Å²) >= 11 is 0. The molecule has 1 aromatic carbocycles.